The largest absolute Gasteiger partial charge is 0.433 e. The molecule has 0 N–H and O–H groups in total. The van der Waals surface area contributed by atoms with Crippen molar-refractivity contribution >= 4 is 11.6 Å². The van der Waals surface area contributed by atoms with E-state index in [4.69, 9.17) is 0 Å². The fourth-order valence-electron chi connectivity index (χ4n) is 3.57. The van der Waals surface area contributed by atoms with Crippen LogP contribution in [0.4, 0.5) is 19.0 Å². The second kappa shape index (κ2) is 6.26. The lowest BCUT2D eigenvalue weighted by atomic mass is 9.90. The third kappa shape index (κ3) is 3.00. The van der Waals surface area contributed by atoms with Gasteiger partial charge in [-0.25, -0.2) is 4.98 Å². The highest BCUT2D eigenvalue weighted by molar-refractivity contribution is 5.50. The van der Waals surface area contributed by atoms with Crippen LogP contribution in [0.2, 0.25) is 0 Å². The van der Waals surface area contributed by atoms with Gasteiger partial charge in [0.2, 0.25) is 0 Å². The number of rotatable bonds is 2. The van der Waals surface area contributed by atoms with Gasteiger partial charge in [0.25, 0.3) is 5.78 Å². The van der Waals surface area contributed by atoms with Crippen molar-refractivity contribution in [3.05, 3.63) is 54.0 Å². The zero-order valence-corrected chi connectivity index (χ0v) is 14.2. The predicted octanol–water partition coefficient (Wildman–Crippen LogP) is 4.12. The molecular weight excluding hydrogens is 343 g/mol. The van der Waals surface area contributed by atoms with E-state index < -0.39 is 11.9 Å². The molecule has 26 heavy (non-hydrogen) atoms. The van der Waals surface area contributed by atoms with Crippen molar-refractivity contribution in [2.45, 2.75) is 32.0 Å². The lowest BCUT2D eigenvalue weighted by Gasteiger charge is -2.40. The first-order valence-electron chi connectivity index (χ1n) is 8.53. The number of aromatic nitrogens is 4. The Kier molecular flexibility index (Phi) is 4.05. The first kappa shape index (κ1) is 16.8. The van der Waals surface area contributed by atoms with Crippen LogP contribution in [0.3, 0.4) is 0 Å². The van der Waals surface area contributed by atoms with Gasteiger partial charge in [0, 0.05) is 12.6 Å². The van der Waals surface area contributed by atoms with Crippen LogP contribution < -0.4 is 4.90 Å². The standard InChI is InChI=1S/C18H18F3N5/c1-12-7-8-14(13-5-3-2-4-6-13)25(10-12)16-9-15(18(19,20)21)24-17-22-11-23-26(16)17/h2-6,9,11-12,14H,7-8,10H2,1H3. The first-order valence-corrected chi connectivity index (χ1v) is 8.53. The zero-order valence-electron chi connectivity index (χ0n) is 14.2. The maximum Gasteiger partial charge on any atom is 0.433 e. The summed E-state index contributed by atoms with van der Waals surface area (Å²) < 4.78 is 41.4. The minimum Gasteiger partial charge on any atom is -0.349 e. The monoisotopic (exact) mass is 361 g/mol. The quantitative estimate of drug-likeness (QED) is 0.689. The van der Waals surface area contributed by atoms with Crippen molar-refractivity contribution in [3.63, 3.8) is 0 Å². The van der Waals surface area contributed by atoms with E-state index in [0.29, 0.717) is 18.3 Å². The van der Waals surface area contributed by atoms with Crippen LogP contribution in [0.15, 0.2) is 42.7 Å². The van der Waals surface area contributed by atoms with Gasteiger partial charge in [0.1, 0.15) is 12.1 Å². The van der Waals surface area contributed by atoms with Crippen LogP contribution in [0.5, 0.6) is 0 Å². The number of benzene rings is 1. The number of hydrogen-bond donors (Lipinski definition) is 0. The van der Waals surface area contributed by atoms with Crippen molar-refractivity contribution in [2.24, 2.45) is 5.92 Å². The maximum atomic E-state index is 13.3. The summed E-state index contributed by atoms with van der Waals surface area (Å²) >= 11 is 0. The van der Waals surface area contributed by atoms with Crippen LogP contribution >= 0.6 is 0 Å². The lowest BCUT2D eigenvalue weighted by Crippen LogP contribution is -2.38. The molecule has 136 valence electrons. The van der Waals surface area contributed by atoms with Gasteiger partial charge in [-0.2, -0.15) is 27.8 Å². The van der Waals surface area contributed by atoms with E-state index in [2.05, 4.69) is 22.0 Å². The molecular formula is C18H18F3N5. The van der Waals surface area contributed by atoms with Crippen molar-refractivity contribution in [2.75, 3.05) is 11.4 Å². The Balaban J connectivity index is 1.86. The Labute approximate surface area is 148 Å². The zero-order chi connectivity index (χ0) is 18.3. The third-order valence-electron chi connectivity index (χ3n) is 4.82. The molecule has 1 fully saturated rings. The summed E-state index contributed by atoms with van der Waals surface area (Å²) in [5, 5.41) is 4.10. The smallest absolute Gasteiger partial charge is 0.349 e. The van der Waals surface area contributed by atoms with Gasteiger partial charge in [0.15, 0.2) is 5.69 Å². The molecule has 1 aliphatic heterocycles. The number of nitrogens with zero attached hydrogens (tertiary/aromatic N) is 5. The fraction of sp³-hybridized carbons (Fsp3) is 0.389. The van der Waals surface area contributed by atoms with Gasteiger partial charge in [0.05, 0.1) is 6.04 Å². The number of alkyl halides is 3. The summed E-state index contributed by atoms with van der Waals surface area (Å²) in [5.41, 5.74) is 0.135. The highest BCUT2D eigenvalue weighted by atomic mass is 19.4. The summed E-state index contributed by atoms with van der Waals surface area (Å²) in [7, 11) is 0. The van der Waals surface area contributed by atoms with Crippen molar-refractivity contribution in [1.82, 2.24) is 19.6 Å². The molecule has 8 heteroatoms. The summed E-state index contributed by atoms with van der Waals surface area (Å²) in [4.78, 5) is 9.50. The van der Waals surface area contributed by atoms with Crippen LogP contribution in [-0.2, 0) is 6.18 Å². The van der Waals surface area contributed by atoms with Crippen molar-refractivity contribution < 1.29 is 13.2 Å². The number of fused-ring (bicyclic) bond motifs is 1. The van der Waals surface area contributed by atoms with Crippen molar-refractivity contribution in [1.29, 1.82) is 0 Å². The third-order valence-corrected chi connectivity index (χ3v) is 4.82. The van der Waals surface area contributed by atoms with E-state index in [-0.39, 0.29) is 11.8 Å². The Hall–Kier alpha value is -2.64. The van der Waals surface area contributed by atoms with E-state index in [1.165, 1.54) is 10.8 Å². The van der Waals surface area contributed by atoms with Gasteiger partial charge in [-0.1, -0.05) is 37.3 Å². The molecule has 3 aromatic rings. The minimum atomic E-state index is -4.54. The molecule has 0 bridgehead atoms. The molecule has 2 aromatic heterocycles. The van der Waals surface area contributed by atoms with E-state index in [9.17, 15) is 13.2 Å². The Morgan fingerprint density at radius 2 is 1.88 bits per heavy atom. The summed E-state index contributed by atoms with van der Waals surface area (Å²) in [5.74, 6) is 0.705. The second-order valence-electron chi connectivity index (χ2n) is 6.73. The van der Waals surface area contributed by atoms with Crippen molar-refractivity contribution in [3.8, 4) is 0 Å². The van der Waals surface area contributed by atoms with E-state index in [1.54, 1.807) is 0 Å². The molecule has 0 spiro atoms. The van der Waals surface area contributed by atoms with Gasteiger partial charge < -0.3 is 4.90 Å². The molecule has 2 unspecified atom stereocenters. The van der Waals surface area contributed by atoms with E-state index in [0.717, 1.165) is 24.5 Å². The first-order chi connectivity index (χ1) is 12.4. The Morgan fingerprint density at radius 1 is 1.12 bits per heavy atom. The summed E-state index contributed by atoms with van der Waals surface area (Å²) in [6.07, 6.45) is -1.41. The molecule has 0 aliphatic carbocycles. The summed E-state index contributed by atoms with van der Waals surface area (Å²) in [6.45, 7) is 2.76. The topological polar surface area (TPSA) is 46.3 Å². The average Bonchev–Trinajstić information content (AvgIpc) is 3.09. The highest BCUT2D eigenvalue weighted by Crippen LogP contribution is 2.38. The van der Waals surface area contributed by atoms with Gasteiger partial charge in [-0.3, -0.25) is 0 Å². The van der Waals surface area contributed by atoms with E-state index in [1.807, 2.05) is 35.2 Å². The van der Waals surface area contributed by atoms with Crippen LogP contribution in [0.25, 0.3) is 5.78 Å². The number of anilines is 1. The van der Waals surface area contributed by atoms with Gasteiger partial charge in [-0.15, -0.1) is 0 Å². The lowest BCUT2D eigenvalue weighted by molar-refractivity contribution is -0.141. The SMILES string of the molecule is CC1CCC(c2ccccc2)N(c2cc(C(F)(F)F)nc3ncnn23)C1. The van der Waals surface area contributed by atoms with Crippen LogP contribution in [-0.4, -0.2) is 26.1 Å². The molecule has 1 saturated heterocycles. The highest BCUT2D eigenvalue weighted by Gasteiger charge is 2.36. The second-order valence-corrected chi connectivity index (χ2v) is 6.73. The van der Waals surface area contributed by atoms with Gasteiger partial charge in [-0.05, 0) is 24.3 Å². The number of hydrogen-bond acceptors (Lipinski definition) is 4. The molecule has 0 amide bonds. The maximum absolute atomic E-state index is 13.3. The molecule has 5 nitrogen and oxygen atoms in total. The van der Waals surface area contributed by atoms with Crippen LogP contribution in [0.1, 0.15) is 37.1 Å². The average molecular weight is 361 g/mol. The number of piperidine rings is 1. The number of halogens is 3. The molecule has 1 aliphatic rings. The van der Waals surface area contributed by atoms with Crippen LogP contribution in [0, 0.1) is 5.92 Å². The predicted molar refractivity (Wildman–Crippen MR) is 90.7 cm³/mol. The molecule has 0 radical (unpaired) electrons. The Bertz CT molecular complexity index is 906. The molecule has 2 atom stereocenters. The molecule has 4 rings (SSSR count). The van der Waals surface area contributed by atoms with Gasteiger partial charge >= 0.3 is 6.18 Å². The summed E-state index contributed by atoms with van der Waals surface area (Å²) in [6, 6.07) is 10.9. The minimum absolute atomic E-state index is 0.0108. The molecule has 1 aromatic carbocycles. The molecule has 0 saturated carbocycles. The molecule has 3 heterocycles. The van der Waals surface area contributed by atoms with E-state index >= 15 is 0 Å². The fourth-order valence-corrected chi connectivity index (χ4v) is 3.57. The Morgan fingerprint density at radius 3 is 2.62 bits per heavy atom. The normalized spacial score (nSPS) is 21.3.